The molecule has 1 aliphatic rings. The van der Waals surface area contributed by atoms with Crippen LogP contribution < -0.4 is 5.32 Å². The Kier molecular flexibility index (Phi) is 5.55. The van der Waals surface area contributed by atoms with E-state index < -0.39 is 5.91 Å². The second kappa shape index (κ2) is 7.85. The number of carbonyl (C=O) groups is 1. The van der Waals surface area contributed by atoms with Gasteiger partial charge in [-0.25, -0.2) is 4.98 Å². The van der Waals surface area contributed by atoms with Gasteiger partial charge in [-0.1, -0.05) is 0 Å². The maximum Gasteiger partial charge on any atom is 0.268 e. The topological polar surface area (TPSA) is 79.9 Å². The number of anilines is 1. The number of thiazole rings is 1. The number of carbonyl (C=O) groups excluding carboxylic acids is 1. The molecule has 2 heterocycles. The lowest BCUT2D eigenvalue weighted by Crippen LogP contribution is -2.13. The van der Waals surface area contributed by atoms with Crippen molar-refractivity contribution < 1.29 is 9.53 Å². The number of ether oxygens (including phenoxy) is 1. The molecule has 0 atom stereocenters. The number of nitrogens with one attached hydrogen (secondary N) is 1. The van der Waals surface area contributed by atoms with Crippen molar-refractivity contribution in [3.8, 4) is 6.07 Å². The summed E-state index contributed by atoms with van der Waals surface area (Å²) in [4.78, 5) is 18.2. The Balaban J connectivity index is 1.79. The van der Waals surface area contributed by atoms with Crippen molar-refractivity contribution in [3.63, 3.8) is 0 Å². The number of aromatic nitrogens is 2. The fourth-order valence-electron chi connectivity index (χ4n) is 3.21. The number of aryl methyl sites for hydroxylation is 3. The molecule has 0 bridgehead atoms. The van der Waals surface area contributed by atoms with Gasteiger partial charge in [-0.15, -0.1) is 11.3 Å². The van der Waals surface area contributed by atoms with Crippen LogP contribution in [0.3, 0.4) is 0 Å². The molecule has 0 fully saturated rings. The first-order chi connectivity index (χ1) is 12.5. The summed E-state index contributed by atoms with van der Waals surface area (Å²) in [6.45, 7) is 5.33. The van der Waals surface area contributed by atoms with Crippen molar-refractivity contribution in [2.24, 2.45) is 0 Å². The summed E-state index contributed by atoms with van der Waals surface area (Å²) in [7, 11) is 1.67. The molecule has 3 rings (SSSR count). The van der Waals surface area contributed by atoms with Crippen molar-refractivity contribution >= 4 is 28.5 Å². The lowest BCUT2D eigenvalue weighted by Gasteiger charge is -2.08. The number of fused-ring (bicyclic) bond motifs is 1. The average Bonchev–Trinajstić information content (AvgIpc) is 3.26. The quantitative estimate of drug-likeness (QED) is 0.625. The molecule has 2 aromatic heterocycles. The Bertz CT molecular complexity index is 880. The third kappa shape index (κ3) is 3.71. The van der Waals surface area contributed by atoms with E-state index in [4.69, 9.17) is 4.74 Å². The van der Waals surface area contributed by atoms with Crippen LogP contribution in [0.5, 0.6) is 0 Å². The van der Waals surface area contributed by atoms with Crippen molar-refractivity contribution in [3.05, 3.63) is 39.2 Å². The summed E-state index contributed by atoms with van der Waals surface area (Å²) in [5, 5.41) is 12.8. The fourth-order valence-corrected chi connectivity index (χ4v) is 4.26. The molecule has 0 saturated heterocycles. The third-order valence-corrected chi connectivity index (χ3v) is 5.69. The molecule has 1 aliphatic carbocycles. The summed E-state index contributed by atoms with van der Waals surface area (Å²) in [6.07, 6.45) is 4.76. The van der Waals surface area contributed by atoms with Crippen LogP contribution >= 0.6 is 11.3 Å². The largest absolute Gasteiger partial charge is 0.383 e. The number of rotatable bonds is 6. The first kappa shape index (κ1) is 18.4. The van der Waals surface area contributed by atoms with E-state index in [1.54, 1.807) is 13.2 Å². The number of methoxy groups -OCH3 is 1. The smallest absolute Gasteiger partial charge is 0.268 e. The number of nitriles is 1. The molecule has 0 aliphatic heterocycles. The molecule has 1 amide bonds. The van der Waals surface area contributed by atoms with Gasteiger partial charge in [-0.3, -0.25) is 10.1 Å². The van der Waals surface area contributed by atoms with Crippen molar-refractivity contribution in [1.82, 2.24) is 9.55 Å². The SMILES string of the molecule is COCCn1c(C)cc(C=C(C#N)C(=O)Nc2nc3c(s2)CCC3)c1C. The van der Waals surface area contributed by atoms with Gasteiger partial charge in [0.15, 0.2) is 5.13 Å². The molecule has 0 aromatic carbocycles. The van der Waals surface area contributed by atoms with E-state index in [9.17, 15) is 10.1 Å². The minimum Gasteiger partial charge on any atom is -0.383 e. The highest BCUT2D eigenvalue weighted by molar-refractivity contribution is 7.16. The zero-order chi connectivity index (χ0) is 18.7. The number of hydrogen-bond acceptors (Lipinski definition) is 5. The van der Waals surface area contributed by atoms with E-state index in [0.29, 0.717) is 11.7 Å². The zero-order valence-electron chi connectivity index (χ0n) is 15.3. The Morgan fingerprint density at radius 2 is 2.31 bits per heavy atom. The first-order valence-electron chi connectivity index (χ1n) is 8.61. The van der Waals surface area contributed by atoms with Crippen molar-refractivity contribution in [2.75, 3.05) is 19.0 Å². The normalized spacial score (nSPS) is 13.5. The van der Waals surface area contributed by atoms with E-state index >= 15 is 0 Å². The molecule has 0 unspecified atom stereocenters. The lowest BCUT2D eigenvalue weighted by molar-refractivity contribution is -0.112. The summed E-state index contributed by atoms with van der Waals surface area (Å²) < 4.78 is 7.26. The van der Waals surface area contributed by atoms with Crippen molar-refractivity contribution in [1.29, 1.82) is 5.26 Å². The van der Waals surface area contributed by atoms with E-state index in [1.165, 1.54) is 16.2 Å². The van der Waals surface area contributed by atoms with Crippen LogP contribution in [0.4, 0.5) is 5.13 Å². The van der Waals surface area contributed by atoms with Gasteiger partial charge in [0.25, 0.3) is 5.91 Å². The molecule has 0 spiro atoms. The van der Waals surface area contributed by atoms with Crippen LogP contribution in [0.25, 0.3) is 6.08 Å². The highest BCUT2D eigenvalue weighted by Crippen LogP contribution is 2.30. The van der Waals surface area contributed by atoms with Crippen LogP contribution in [-0.2, 0) is 28.9 Å². The predicted octanol–water partition coefficient (Wildman–Crippen LogP) is 3.24. The average molecular weight is 370 g/mol. The van der Waals surface area contributed by atoms with Gasteiger partial charge >= 0.3 is 0 Å². The number of nitrogens with zero attached hydrogens (tertiary/aromatic N) is 3. The van der Waals surface area contributed by atoms with Gasteiger partial charge in [0.05, 0.1) is 12.3 Å². The highest BCUT2D eigenvalue weighted by Gasteiger charge is 2.19. The first-order valence-corrected chi connectivity index (χ1v) is 9.42. The van der Waals surface area contributed by atoms with Gasteiger partial charge in [-0.2, -0.15) is 5.26 Å². The fraction of sp³-hybridized carbons (Fsp3) is 0.421. The molecule has 136 valence electrons. The van der Waals surface area contributed by atoms with E-state index in [0.717, 1.165) is 48.5 Å². The number of hydrogen-bond donors (Lipinski definition) is 1. The molecular weight excluding hydrogens is 348 g/mol. The van der Waals surface area contributed by atoms with Crippen LogP contribution in [0, 0.1) is 25.2 Å². The minimum absolute atomic E-state index is 0.0763. The molecular formula is C19H22N4O2S. The van der Waals surface area contributed by atoms with Crippen LogP contribution in [0.1, 0.15) is 33.9 Å². The number of amides is 1. The van der Waals surface area contributed by atoms with Gasteiger partial charge < -0.3 is 9.30 Å². The van der Waals surface area contributed by atoms with E-state index in [2.05, 4.69) is 14.9 Å². The van der Waals surface area contributed by atoms with Crippen LogP contribution in [0.2, 0.25) is 0 Å². The van der Waals surface area contributed by atoms with Gasteiger partial charge in [-0.05, 0) is 50.8 Å². The Hall–Kier alpha value is -2.43. The molecule has 0 saturated carbocycles. The van der Waals surface area contributed by atoms with Gasteiger partial charge in [0, 0.05) is 29.9 Å². The summed E-state index contributed by atoms with van der Waals surface area (Å²) >= 11 is 1.51. The summed E-state index contributed by atoms with van der Waals surface area (Å²) in [5.41, 5.74) is 4.10. The van der Waals surface area contributed by atoms with Gasteiger partial charge in [0.1, 0.15) is 11.6 Å². The Labute approximate surface area is 157 Å². The maximum absolute atomic E-state index is 12.5. The molecule has 2 aromatic rings. The summed E-state index contributed by atoms with van der Waals surface area (Å²) in [5.74, 6) is -0.415. The molecule has 7 heteroatoms. The second-order valence-electron chi connectivity index (χ2n) is 6.34. The molecule has 0 radical (unpaired) electrons. The standard InChI is InChI=1S/C19H22N4O2S/c1-12-9-14(13(2)23(12)7-8-25-3)10-15(11-20)18(24)22-19-21-16-5-4-6-17(16)26-19/h9-10H,4-8H2,1-3H3,(H,21,22,24). The van der Waals surface area contributed by atoms with Crippen LogP contribution in [0.15, 0.2) is 11.6 Å². The zero-order valence-corrected chi connectivity index (χ0v) is 16.1. The predicted molar refractivity (Wildman–Crippen MR) is 102 cm³/mol. The summed E-state index contributed by atoms with van der Waals surface area (Å²) in [6, 6.07) is 3.99. The Morgan fingerprint density at radius 1 is 1.50 bits per heavy atom. The van der Waals surface area contributed by atoms with E-state index in [1.807, 2.05) is 26.0 Å². The minimum atomic E-state index is -0.415. The molecule has 1 N–H and O–H groups in total. The van der Waals surface area contributed by atoms with Gasteiger partial charge in [0.2, 0.25) is 0 Å². The monoisotopic (exact) mass is 370 g/mol. The molecule has 26 heavy (non-hydrogen) atoms. The third-order valence-electron chi connectivity index (χ3n) is 4.61. The lowest BCUT2D eigenvalue weighted by atomic mass is 10.1. The van der Waals surface area contributed by atoms with Crippen molar-refractivity contribution in [2.45, 2.75) is 39.7 Å². The second-order valence-corrected chi connectivity index (χ2v) is 7.42. The Morgan fingerprint density at radius 3 is 3.00 bits per heavy atom. The van der Waals surface area contributed by atoms with E-state index in [-0.39, 0.29) is 5.57 Å². The maximum atomic E-state index is 12.5. The highest BCUT2D eigenvalue weighted by atomic mass is 32.1. The molecule has 6 nitrogen and oxygen atoms in total. The van der Waals surface area contributed by atoms with Crippen LogP contribution in [-0.4, -0.2) is 29.2 Å².